The predicted molar refractivity (Wildman–Crippen MR) is 79.8 cm³/mol. The number of hydrogen-bond donors (Lipinski definition) is 1. The van der Waals surface area contributed by atoms with Crippen LogP contribution in [0, 0.1) is 0 Å². The Balaban J connectivity index is 1.80. The second-order valence-corrected chi connectivity index (χ2v) is 5.81. The Kier molecular flexibility index (Phi) is 9.30. The van der Waals surface area contributed by atoms with Gasteiger partial charge in [-0.05, 0) is 18.2 Å². The lowest BCUT2D eigenvalue weighted by Gasteiger charge is -2.08. The molecule has 0 spiro atoms. The van der Waals surface area contributed by atoms with E-state index < -0.39 is 0 Å². The van der Waals surface area contributed by atoms with Crippen LogP contribution in [0.25, 0.3) is 0 Å². The number of nitrogens with one attached hydrogen (secondary N) is 1. The molecule has 0 aromatic rings. The van der Waals surface area contributed by atoms with Crippen molar-refractivity contribution in [2.75, 3.05) is 0 Å². The first kappa shape index (κ1) is 14.7. The van der Waals surface area contributed by atoms with Crippen LogP contribution in [0.4, 0.5) is 0 Å². The van der Waals surface area contributed by atoms with E-state index in [-0.39, 0.29) is 0 Å². The Morgan fingerprint density at radius 2 is 1.59 bits per heavy atom. The SMILES string of the molecule is CCCCCCCCCCCC1=CNC=CS1. The molecule has 1 nitrogen and oxygen atoms in total. The number of hydrogen-bond acceptors (Lipinski definition) is 2. The molecule has 0 fully saturated rings. The van der Waals surface area contributed by atoms with Gasteiger partial charge in [-0.1, -0.05) is 70.1 Å². The van der Waals surface area contributed by atoms with Crippen LogP contribution in [0.2, 0.25) is 0 Å². The molecule has 2 heteroatoms. The van der Waals surface area contributed by atoms with Gasteiger partial charge in [-0.3, -0.25) is 0 Å². The number of unbranched alkanes of at least 4 members (excludes halogenated alkanes) is 8. The minimum Gasteiger partial charge on any atom is -0.366 e. The summed E-state index contributed by atoms with van der Waals surface area (Å²) in [6, 6.07) is 0. The molecule has 0 atom stereocenters. The summed E-state index contributed by atoms with van der Waals surface area (Å²) in [6.45, 7) is 2.28. The predicted octanol–water partition coefficient (Wildman–Crippen LogP) is 5.56. The van der Waals surface area contributed by atoms with Crippen LogP contribution in [-0.4, -0.2) is 0 Å². The first-order chi connectivity index (χ1) is 8.43. The van der Waals surface area contributed by atoms with E-state index in [2.05, 4.69) is 23.8 Å². The largest absolute Gasteiger partial charge is 0.366 e. The molecule has 1 heterocycles. The maximum absolute atomic E-state index is 3.15. The van der Waals surface area contributed by atoms with Crippen LogP contribution in [0.5, 0.6) is 0 Å². The summed E-state index contributed by atoms with van der Waals surface area (Å²) < 4.78 is 0. The molecule has 1 aliphatic heterocycles. The van der Waals surface area contributed by atoms with Gasteiger partial charge in [-0.15, -0.1) is 0 Å². The molecular weight excluding hydrogens is 226 g/mol. The Morgan fingerprint density at radius 1 is 0.941 bits per heavy atom. The molecular formula is C15H27NS. The van der Waals surface area contributed by atoms with Gasteiger partial charge in [0.1, 0.15) is 0 Å². The monoisotopic (exact) mass is 253 g/mol. The fraction of sp³-hybridized carbons (Fsp3) is 0.733. The van der Waals surface area contributed by atoms with Crippen molar-refractivity contribution < 1.29 is 0 Å². The van der Waals surface area contributed by atoms with Gasteiger partial charge in [0, 0.05) is 17.3 Å². The summed E-state index contributed by atoms with van der Waals surface area (Å²) in [5.41, 5.74) is 0. The minimum absolute atomic E-state index is 1.25. The van der Waals surface area contributed by atoms with Gasteiger partial charge in [0.2, 0.25) is 0 Å². The van der Waals surface area contributed by atoms with Gasteiger partial charge in [0.25, 0.3) is 0 Å². The number of allylic oxidation sites excluding steroid dienone is 1. The van der Waals surface area contributed by atoms with Crippen molar-refractivity contribution in [3.8, 4) is 0 Å². The quantitative estimate of drug-likeness (QED) is 0.512. The normalized spacial score (nSPS) is 14.5. The molecule has 0 aromatic heterocycles. The van der Waals surface area contributed by atoms with Crippen molar-refractivity contribution in [2.45, 2.75) is 71.1 Å². The summed E-state index contributed by atoms with van der Waals surface area (Å²) in [4.78, 5) is 1.48. The molecule has 0 amide bonds. The third kappa shape index (κ3) is 8.37. The van der Waals surface area contributed by atoms with Crippen molar-refractivity contribution in [3.63, 3.8) is 0 Å². The highest BCUT2D eigenvalue weighted by atomic mass is 32.2. The van der Waals surface area contributed by atoms with Crippen LogP contribution in [0.1, 0.15) is 71.1 Å². The van der Waals surface area contributed by atoms with E-state index in [4.69, 9.17) is 0 Å². The first-order valence-corrected chi connectivity index (χ1v) is 8.08. The third-order valence-corrected chi connectivity index (χ3v) is 4.05. The molecule has 0 aromatic carbocycles. The average molecular weight is 253 g/mol. The average Bonchev–Trinajstić information content (AvgIpc) is 2.38. The van der Waals surface area contributed by atoms with Crippen molar-refractivity contribution in [1.82, 2.24) is 5.32 Å². The van der Waals surface area contributed by atoms with E-state index in [1.807, 2.05) is 18.0 Å². The Hall–Kier alpha value is -0.370. The maximum Gasteiger partial charge on any atom is 0.0104 e. The lowest BCUT2D eigenvalue weighted by Crippen LogP contribution is -1.97. The van der Waals surface area contributed by atoms with E-state index in [1.165, 1.54) is 69.1 Å². The summed E-state index contributed by atoms with van der Waals surface area (Å²) >= 11 is 1.86. The maximum atomic E-state index is 3.15. The van der Waals surface area contributed by atoms with Crippen LogP contribution in [0.3, 0.4) is 0 Å². The lowest BCUT2D eigenvalue weighted by molar-refractivity contribution is 0.566. The topological polar surface area (TPSA) is 12.0 Å². The second-order valence-electron chi connectivity index (χ2n) is 4.78. The molecule has 17 heavy (non-hydrogen) atoms. The fourth-order valence-electron chi connectivity index (χ4n) is 2.08. The first-order valence-electron chi connectivity index (χ1n) is 7.20. The zero-order valence-corrected chi connectivity index (χ0v) is 12.0. The molecule has 0 aliphatic carbocycles. The van der Waals surface area contributed by atoms with Gasteiger partial charge in [0.05, 0.1) is 0 Å². The smallest absolute Gasteiger partial charge is 0.0104 e. The molecule has 0 saturated carbocycles. The van der Waals surface area contributed by atoms with Crippen LogP contribution in [-0.2, 0) is 0 Å². The molecule has 1 aliphatic rings. The summed E-state index contributed by atoms with van der Waals surface area (Å²) in [7, 11) is 0. The third-order valence-electron chi connectivity index (χ3n) is 3.15. The fourth-order valence-corrected chi connectivity index (χ4v) is 2.80. The van der Waals surface area contributed by atoms with Gasteiger partial charge in [-0.25, -0.2) is 0 Å². The molecule has 0 bridgehead atoms. The van der Waals surface area contributed by atoms with Crippen molar-refractivity contribution in [1.29, 1.82) is 0 Å². The lowest BCUT2D eigenvalue weighted by atomic mass is 10.1. The molecule has 0 radical (unpaired) electrons. The van der Waals surface area contributed by atoms with Gasteiger partial charge >= 0.3 is 0 Å². The Morgan fingerprint density at radius 3 is 2.18 bits per heavy atom. The second kappa shape index (κ2) is 10.8. The van der Waals surface area contributed by atoms with Crippen LogP contribution >= 0.6 is 11.8 Å². The van der Waals surface area contributed by atoms with Gasteiger partial charge < -0.3 is 5.32 Å². The highest BCUT2D eigenvalue weighted by Gasteiger charge is 1.99. The van der Waals surface area contributed by atoms with Crippen molar-refractivity contribution in [3.05, 3.63) is 22.7 Å². The molecule has 1 rings (SSSR count). The minimum atomic E-state index is 1.25. The van der Waals surface area contributed by atoms with E-state index in [1.54, 1.807) is 0 Å². The number of rotatable bonds is 10. The van der Waals surface area contributed by atoms with Crippen LogP contribution < -0.4 is 5.32 Å². The number of thioether (sulfide) groups is 1. The Bertz CT molecular complexity index is 233. The standard InChI is InChI=1S/C15H27NS/c1-2-3-4-5-6-7-8-9-10-11-15-14-16-12-13-17-15/h12-14,16H,2-11H2,1H3. The van der Waals surface area contributed by atoms with Gasteiger partial charge in [-0.2, -0.15) is 0 Å². The van der Waals surface area contributed by atoms with E-state index in [0.717, 1.165) is 0 Å². The van der Waals surface area contributed by atoms with Gasteiger partial charge in [0.15, 0.2) is 0 Å². The molecule has 0 unspecified atom stereocenters. The highest BCUT2D eigenvalue weighted by Crippen LogP contribution is 2.24. The summed E-state index contributed by atoms with van der Waals surface area (Å²) in [6.07, 6.45) is 18.1. The summed E-state index contributed by atoms with van der Waals surface area (Å²) in [5, 5.41) is 5.28. The highest BCUT2D eigenvalue weighted by molar-refractivity contribution is 8.05. The van der Waals surface area contributed by atoms with Crippen molar-refractivity contribution in [2.24, 2.45) is 0 Å². The Labute approximate surface area is 111 Å². The molecule has 98 valence electrons. The van der Waals surface area contributed by atoms with E-state index >= 15 is 0 Å². The molecule has 1 N–H and O–H groups in total. The molecule has 0 saturated heterocycles. The zero-order valence-electron chi connectivity index (χ0n) is 11.2. The zero-order chi connectivity index (χ0) is 12.2. The van der Waals surface area contributed by atoms with Crippen LogP contribution in [0.15, 0.2) is 22.7 Å². The van der Waals surface area contributed by atoms with Crippen molar-refractivity contribution >= 4 is 11.8 Å². The van der Waals surface area contributed by atoms with E-state index in [0.29, 0.717) is 0 Å². The summed E-state index contributed by atoms with van der Waals surface area (Å²) in [5.74, 6) is 0. The van der Waals surface area contributed by atoms with E-state index in [9.17, 15) is 0 Å².